The van der Waals surface area contributed by atoms with Crippen molar-refractivity contribution in [2.45, 2.75) is 31.0 Å². The number of furan rings is 1. The summed E-state index contributed by atoms with van der Waals surface area (Å²) in [5.41, 5.74) is 0.283. The van der Waals surface area contributed by atoms with Gasteiger partial charge in [0.25, 0.3) is 0 Å². The van der Waals surface area contributed by atoms with Gasteiger partial charge >= 0.3 is 6.18 Å². The predicted octanol–water partition coefficient (Wildman–Crippen LogP) is 4.17. The van der Waals surface area contributed by atoms with Crippen LogP contribution in [0.4, 0.5) is 13.2 Å². The lowest BCUT2D eigenvalue weighted by molar-refractivity contribution is -0.152. The van der Waals surface area contributed by atoms with E-state index >= 15 is 0 Å². The van der Waals surface area contributed by atoms with E-state index in [1.54, 1.807) is 18.2 Å². The van der Waals surface area contributed by atoms with E-state index in [4.69, 9.17) is 4.42 Å². The van der Waals surface area contributed by atoms with Crippen LogP contribution in [-0.2, 0) is 16.5 Å². The highest BCUT2D eigenvalue weighted by atomic mass is 19.4. The average Bonchev–Trinajstić information content (AvgIpc) is 2.76. The number of fused-ring (bicyclic) bond motifs is 1. The van der Waals surface area contributed by atoms with Crippen LogP contribution in [0.15, 0.2) is 33.7 Å². The molecule has 0 saturated heterocycles. The van der Waals surface area contributed by atoms with Crippen LogP contribution < -0.4 is 0 Å². The average molecular weight is 281 g/mol. The molecule has 0 bridgehead atoms. The number of carbonyl (C=O) groups excluding carboxylic acids is 1. The minimum atomic E-state index is -4.51. The number of hydrogen-bond acceptors (Lipinski definition) is 3. The molecule has 1 fully saturated rings. The summed E-state index contributed by atoms with van der Waals surface area (Å²) in [6.07, 6.45) is -0.603. The lowest BCUT2D eigenvalue weighted by Crippen LogP contribution is -2.31. The molecule has 0 unspecified atom stereocenters. The van der Waals surface area contributed by atoms with Crippen LogP contribution in [0.3, 0.4) is 0 Å². The van der Waals surface area contributed by atoms with Gasteiger partial charge in [-0.2, -0.15) is 18.2 Å². The van der Waals surface area contributed by atoms with Gasteiger partial charge in [-0.05, 0) is 43.0 Å². The minimum Gasteiger partial charge on any atom is -0.452 e. The molecule has 0 radical (unpaired) electrons. The number of benzene rings is 1. The van der Waals surface area contributed by atoms with E-state index in [0.29, 0.717) is 18.2 Å². The molecule has 1 aliphatic rings. The van der Waals surface area contributed by atoms with Crippen LogP contribution in [0, 0.1) is 0 Å². The number of isocyanates is 1. The Balaban J connectivity index is 2.09. The molecule has 3 rings (SSSR count). The zero-order valence-corrected chi connectivity index (χ0v) is 10.3. The van der Waals surface area contributed by atoms with Crippen LogP contribution in [0.25, 0.3) is 11.0 Å². The molecule has 104 valence electrons. The van der Waals surface area contributed by atoms with Crippen molar-refractivity contribution in [3.8, 4) is 0 Å². The van der Waals surface area contributed by atoms with Gasteiger partial charge < -0.3 is 4.42 Å². The Morgan fingerprint density at radius 1 is 1.25 bits per heavy atom. The molecule has 0 atom stereocenters. The maximum Gasteiger partial charge on any atom is 0.449 e. The van der Waals surface area contributed by atoms with E-state index < -0.39 is 17.5 Å². The van der Waals surface area contributed by atoms with Gasteiger partial charge in [0.15, 0.2) is 0 Å². The van der Waals surface area contributed by atoms with Gasteiger partial charge in [0.05, 0.1) is 5.54 Å². The van der Waals surface area contributed by atoms with Gasteiger partial charge in [-0.25, -0.2) is 4.79 Å². The quantitative estimate of drug-likeness (QED) is 0.612. The second kappa shape index (κ2) is 4.21. The molecule has 6 heteroatoms. The summed E-state index contributed by atoms with van der Waals surface area (Å²) < 4.78 is 42.6. The van der Waals surface area contributed by atoms with E-state index in [2.05, 4.69) is 4.99 Å². The smallest absolute Gasteiger partial charge is 0.449 e. The molecular weight excluding hydrogens is 271 g/mol. The number of aliphatic imine (C=N–C) groups is 1. The van der Waals surface area contributed by atoms with Crippen molar-refractivity contribution in [1.82, 2.24) is 0 Å². The van der Waals surface area contributed by atoms with E-state index in [9.17, 15) is 18.0 Å². The topological polar surface area (TPSA) is 42.6 Å². The van der Waals surface area contributed by atoms with Gasteiger partial charge in [-0.15, -0.1) is 0 Å². The van der Waals surface area contributed by atoms with Crippen LogP contribution >= 0.6 is 0 Å². The Morgan fingerprint density at radius 3 is 2.55 bits per heavy atom. The Morgan fingerprint density at radius 2 is 2.00 bits per heavy atom. The van der Waals surface area contributed by atoms with Gasteiger partial charge in [-0.1, -0.05) is 6.07 Å². The van der Waals surface area contributed by atoms with Gasteiger partial charge in [0, 0.05) is 5.39 Å². The number of halogens is 3. The second-order valence-electron chi connectivity index (χ2n) is 4.95. The van der Waals surface area contributed by atoms with Crippen molar-refractivity contribution in [3.05, 3.63) is 35.6 Å². The molecule has 0 amide bonds. The van der Waals surface area contributed by atoms with Crippen molar-refractivity contribution in [3.63, 3.8) is 0 Å². The number of alkyl halides is 3. The van der Waals surface area contributed by atoms with Crippen molar-refractivity contribution in [1.29, 1.82) is 0 Å². The molecule has 20 heavy (non-hydrogen) atoms. The van der Waals surface area contributed by atoms with Crippen LogP contribution in [0.1, 0.15) is 30.6 Å². The first-order valence-corrected chi connectivity index (χ1v) is 6.15. The fourth-order valence-electron chi connectivity index (χ4n) is 2.54. The first kappa shape index (κ1) is 12.9. The zero-order chi connectivity index (χ0) is 14.4. The fourth-order valence-corrected chi connectivity index (χ4v) is 2.54. The van der Waals surface area contributed by atoms with Gasteiger partial charge in [0.2, 0.25) is 11.8 Å². The zero-order valence-electron chi connectivity index (χ0n) is 10.3. The Hall–Kier alpha value is -2.07. The second-order valence-corrected chi connectivity index (χ2v) is 4.95. The molecule has 1 aromatic heterocycles. The standard InChI is InChI=1S/C14H10F3NO2/c15-14(16,17)12-7-9-6-10(2-3-11(9)20-12)13(18-8-19)4-1-5-13/h2-3,6-7H,1,4-5H2. The Kier molecular flexibility index (Phi) is 2.73. The SMILES string of the molecule is O=C=NC1(c2ccc3oc(C(F)(F)F)cc3c2)CCC1. The third-order valence-electron chi connectivity index (χ3n) is 3.77. The van der Waals surface area contributed by atoms with Crippen LogP contribution in [0.2, 0.25) is 0 Å². The summed E-state index contributed by atoms with van der Waals surface area (Å²) in [6.45, 7) is 0. The summed E-state index contributed by atoms with van der Waals surface area (Å²) in [6, 6.07) is 5.72. The maximum atomic E-state index is 12.6. The molecule has 1 aliphatic carbocycles. The summed E-state index contributed by atoms with van der Waals surface area (Å²) in [5.74, 6) is -1.02. The van der Waals surface area contributed by atoms with Crippen LogP contribution in [-0.4, -0.2) is 6.08 Å². The van der Waals surface area contributed by atoms with Gasteiger partial charge in [0.1, 0.15) is 5.58 Å². The largest absolute Gasteiger partial charge is 0.452 e. The Bertz CT molecular complexity index is 707. The minimum absolute atomic E-state index is 0.172. The number of hydrogen-bond donors (Lipinski definition) is 0. The highest BCUT2D eigenvalue weighted by Crippen LogP contribution is 2.45. The molecule has 0 aliphatic heterocycles. The lowest BCUT2D eigenvalue weighted by Gasteiger charge is -2.37. The fraction of sp³-hybridized carbons (Fsp3) is 0.357. The Labute approximate surface area is 112 Å². The van der Waals surface area contributed by atoms with Crippen molar-refractivity contribution in [2.75, 3.05) is 0 Å². The highest BCUT2D eigenvalue weighted by Gasteiger charge is 2.39. The molecule has 1 saturated carbocycles. The molecule has 1 aromatic carbocycles. The number of nitrogens with zero attached hydrogens (tertiary/aromatic N) is 1. The first-order chi connectivity index (χ1) is 9.44. The summed E-state index contributed by atoms with van der Waals surface area (Å²) in [5, 5.41) is 0.363. The van der Waals surface area contributed by atoms with E-state index in [1.165, 1.54) is 6.07 Å². The number of rotatable bonds is 2. The van der Waals surface area contributed by atoms with E-state index in [0.717, 1.165) is 18.1 Å². The summed E-state index contributed by atoms with van der Waals surface area (Å²) in [7, 11) is 0. The van der Waals surface area contributed by atoms with Crippen molar-refractivity contribution in [2.24, 2.45) is 4.99 Å². The molecular formula is C14H10F3NO2. The molecule has 0 N–H and O–H groups in total. The first-order valence-electron chi connectivity index (χ1n) is 6.15. The summed E-state index contributed by atoms with van der Waals surface area (Å²) >= 11 is 0. The van der Waals surface area contributed by atoms with E-state index in [-0.39, 0.29) is 5.58 Å². The van der Waals surface area contributed by atoms with Crippen molar-refractivity contribution >= 4 is 17.0 Å². The van der Waals surface area contributed by atoms with Crippen molar-refractivity contribution < 1.29 is 22.4 Å². The summed E-state index contributed by atoms with van der Waals surface area (Å²) in [4.78, 5) is 14.4. The lowest BCUT2D eigenvalue weighted by atomic mass is 9.72. The predicted molar refractivity (Wildman–Crippen MR) is 64.9 cm³/mol. The monoisotopic (exact) mass is 281 g/mol. The maximum absolute atomic E-state index is 12.6. The third kappa shape index (κ3) is 1.93. The van der Waals surface area contributed by atoms with Crippen LogP contribution in [0.5, 0.6) is 0 Å². The van der Waals surface area contributed by atoms with E-state index in [1.807, 2.05) is 0 Å². The third-order valence-corrected chi connectivity index (χ3v) is 3.77. The molecule has 3 nitrogen and oxygen atoms in total. The molecule has 2 aromatic rings. The van der Waals surface area contributed by atoms with Gasteiger partial charge in [-0.3, -0.25) is 0 Å². The highest BCUT2D eigenvalue weighted by molar-refractivity contribution is 5.79. The molecule has 0 spiro atoms. The normalized spacial score (nSPS) is 17.6. The molecule has 1 heterocycles.